The predicted molar refractivity (Wildman–Crippen MR) is 54.4 cm³/mol. The van der Waals surface area contributed by atoms with E-state index in [1.165, 1.54) is 0 Å². The molecule has 0 spiro atoms. The average molecular weight is 187 g/mol. The van der Waals surface area contributed by atoms with Crippen LogP contribution in [0.15, 0.2) is 0 Å². The number of amides is 1. The summed E-state index contributed by atoms with van der Waals surface area (Å²) < 4.78 is 0. The van der Waals surface area contributed by atoms with Crippen LogP contribution in [0.5, 0.6) is 0 Å². The second-order valence-electron chi connectivity index (χ2n) is 3.50. The third-order valence-corrected chi connectivity index (χ3v) is 1.85. The van der Waals surface area contributed by atoms with Gasteiger partial charge in [0.15, 0.2) is 0 Å². The van der Waals surface area contributed by atoms with E-state index < -0.39 is 0 Å². The van der Waals surface area contributed by atoms with Crippen molar-refractivity contribution in [3.05, 3.63) is 0 Å². The first-order valence-corrected chi connectivity index (χ1v) is 4.75. The predicted octanol–water partition coefficient (Wildman–Crippen LogP) is -0.208. The Labute approximate surface area is 80.5 Å². The fourth-order valence-electron chi connectivity index (χ4n) is 1.05. The van der Waals surface area contributed by atoms with Crippen molar-refractivity contribution in [3.63, 3.8) is 0 Å². The summed E-state index contributed by atoms with van der Waals surface area (Å²) in [4.78, 5) is 13.0. The van der Waals surface area contributed by atoms with E-state index in [9.17, 15) is 4.79 Å². The lowest BCUT2D eigenvalue weighted by atomic mass is 10.2. The number of hydrogen-bond acceptors (Lipinski definition) is 3. The molecule has 78 valence electrons. The van der Waals surface area contributed by atoms with Gasteiger partial charge in [0.2, 0.25) is 5.91 Å². The maximum atomic E-state index is 11.0. The number of rotatable bonds is 7. The minimum Gasteiger partial charge on any atom is -0.368 e. The molecule has 0 aliphatic carbocycles. The number of nitrogens with two attached hydrogens (primary N) is 1. The molecular weight excluding hydrogens is 166 g/mol. The fourth-order valence-corrected chi connectivity index (χ4v) is 1.05. The van der Waals surface area contributed by atoms with Crippen LogP contribution in [0.25, 0.3) is 0 Å². The number of nitrogens with zero attached hydrogens (tertiary/aromatic N) is 1. The Morgan fingerprint density at radius 3 is 2.54 bits per heavy atom. The zero-order valence-corrected chi connectivity index (χ0v) is 8.84. The van der Waals surface area contributed by atoms with Crippen molar-refractivity contribution in [2.45, 2.75) is 25.8 Å². The van der Waals surface area contributed by atoms with Crippen LogP contribution in [0, 0.1) is 0 Å². The Morgan fingerprint density at radius 1 is 1.54 bits per heavy atom. The van der Waals surface area contributed by atoms with Crippen LogP contribution < -0.4 is 11.1 Å². The van der Waals surface area contributed by atoms with Crippen LogP contribution in [0.4, 0.5) is 0 Å². The van der Waals surface area contributed by atoms with E-state index in [-0.39, 0.29) is 11.9 Å². The largest absolute Gasteiger partial charge is 0.368 e. The van der Waals surface area contributed by atoms with E-state index >= 15 is 0 Å². The van der Waals surface area contributed by atoms with Gasteiger partial charge in [-0.2, -0.15) is 0 Å². The van der Waals surface area contributed by atoms with Crippen LogP contribution in [0.1, 0.15) is 19.8 Å². The summed E-state index contributed by atoms with van der Waals surface area (Å²) in [5.74, 6) is -0.254. The summed E-state index contributed by atoms with van der Waals surface area (Å²) in [6, 6.07) is -0.178. The van der Waals surface area contributed by atoms with Gasteiger partial charge in [0, 0.05) is 0 Å². The average Bonchev–Trinajstić information content (AvgIpc) is 2.03. The van der Waals surface area contributed by atoms with E-state index in [0.717, 1.165) is 25.9 Å². The summed E-state index contributed by atoms with van der Waals surface area (Å²) in [5, 5.41) is 3.12. The topological polar surface area (TPSA) is 58.4 Å². The molecule has 0 rings (SSSR count). The molecule has 0 aliphatic rings. The minimum absolute atomic E-state index is 0.178. The highest BCUT2D eigenvalue weighted by Gasteiger charge is 2.13. The summed E-state index contributed by atoms with van der Waals surface area (Å²) >= 11 is 0. The molecule has 1 unspecified atom stereocenters. The Hall–Kier alpha value is -0.610. The molecule has 0 aliphatic heterocycles. The molecule has 4 nitrogen and oxygen atoms in total. The van der Waals surface area contributed by atoms with Gasteiger partial charge in [-0.1, -0.05) is 6.92 Å². The molecule has 0 saturated heterocycles. The van der Waals surface area contributed by atoms with E-state index in [0.29, 0.717) is 0 Å². The minimum atomic E-state index is -0.254. The van der Waals surface area contributed by atoms with Crippen LogP contribution in [-0.4, -0.2) is 44.0 Å². The maximum Gasteiger partial charge on any atom is 0.234 e. The van der Waals surface area contributed by atoms with Gasteiger partial charge in [-0.25, -0.2) is 0 Å². The highest BCUT2D eigenvalue weighted by molar-refractivity contribution is 5.79. The SMILES string of the molecule is CCCNC(CCN(C)C)C(N)=O. The van der Waals surface area contributed by atoms with Crippen molar-refractivity contribution in [1.82, 2.24) is 10.2 Å². The number of hydrogen-bond donors (Lipinski definition) is 2. The summed E-state index contributed by atoms with van der Waals surface area (Å²) in [5.41, 5.74) is 5.24. The fraction of sp³-hybridized carbons (Fsp3) is 0.889. The number of carbonyl (C=O) groups excluding carboxylic acids is 1. The summed E-state index contributed by atoms with van der Waals surface area (Å²) in [7, 11) is 3.97. The van der Waals surface area contributed by atoms with Gasteiger partial charge in [0.25, 0.3) is 0 Å². The second kappa shape index (κ2) is 6.86. The normalized spacial score (nSPS) is 13.2. The van der Waals surface area contributed by atoms with Gasteiger partial charge in [-0.3, -0.25) is 4.79 Å². The lowest BCUT2D eigenvalue weighted by Gasteiger charge is -2.17. The molecule has 0 radical (unpaired) electrons. The van der Waals surface area contributed by atoms with Crippen molar-refractivity contribution in [2.24, 2.45) is 5.73 Å². The van der Waals surface area contributed by atoms with Crippen LogP contribution >= 0.6 is 0 Å². The third kappa shape index (κ3) is 6.54. The lowest BCUT2D eigenvalue weighted by molar-refractivity contribution is -0.120. The molecule has 0 saturated carbocycles. The highest BCUT2D eigenvalue weighted by atomic mass is 16.1. The molecule has 0 aromatic carbocycles. The Morgan fingerprint density at radius 2 is 2.15 bits per heavy atom. The number of nitrogens with one attached hydrogen (secondary N) is 1. The standard InChI is InChI=1S/C9H21N3O/c1-4-6-11-8(9(10)13)5-7-12(2)3/h8,11H,4-7H2,1-3H3,(H2,10,13). The van der Waals surface area contributed by atoms with E-state index in [4.69, 9.17) is 5.73 Å². The molecule has 13 heavy (non-hydrogen) atoms. The molecule has 0 aromatic rings. The molecule has 4 heteroatoms. The summed E-state index contributed by atoms with van der Waals surface area (Å²) in [6.45, 7) is 3.79. The van der Waals surface area contributed by atoms with Crippen LogP contribution in [0.3, 0.4) is 0 Å². The number of carbonyl (C=O) groups is 1. The lowest BCUT2D eigenvalue weighted by Crippen LogP contribution is -2.43. The van der Waals surface area contributed by atoms with Gasteiger partial charge in [0.1, 0.15) is 0 Å². The van der Waals surface area contributed by atoms with E-state index in [1.54, 1.807) is 0 Å². The van der Waals surface area contributed by atoms with Crippen molar-refractivity contribution in [1.29, 1.82) is 0 Å². The Kier molecular flexibility index (Phi) is 6.54. The van der Waals surface area contributed by atoms with Gasteiger partial charge in [0.05, 0.1) is 6.04 Å². The molecule has 1 atom stereocenters. The first-order valence-electron chi connectivity index (χ1n) is 4.75. The molecule has 0 fully saturated rings. The molecule has 0 bridgehead atoms. The van der Waals surface area contributed by atoms with Gasteiger partial charge in [-0.05, 0) is 40.0 Å². The van der Waals surface area contributed by atoms with Crippen LogP contribution in [0.2, 0.25) is 0 Å². The molecule has 3 N–H and O–H groups in total. The monoisotopic (exact) mass is 187 g/mol. The molecule has 0 heterocycles. The van der Waals surface area contributed by atoms with Gasteiger partial charge in [-0.15, -0.1) is 0 Å². The smallest absolute Gasteiger partial charge is 0.234 e. The first-order chi connectivity index (χ1) is 6.07. The zero-order valence-electron chi connectivity index (χ0n) is 8.84. The zero-order chi connectivity index (χ0) is 10.3. The van der Waals surface area contributed by atoms with Gasteiger partial charge >= 0.3 is 0 Å². The highest BCUT2D eigenvalue weighted by Crippen LogP contribution is 1.93. The number of primary amides is 1. The Balaban J connectivity index is 3.74. The molecule has 0 aromatic heterocycles. The quantitative estimate of drug-likeness (QED) is 0.580. The molecular formula is C9H21N3O. The summed E-state index contributed by atoms with van der Waals surface area (Å²) in [6.07, 6.45) is 1.80. The van der Waals surface area contributed by atoms with Crippen molar-refractivity contribution >= 4 is 5.91 Å². The van der Waals surface area contributed by atoms with Crippen molar-refractivity contribution in [3.8, 4) is 0 Å². The van der Waals surface area contributed by atoms with Crippen molar-refractivity contribution in [2.75, 3.05) is 27.2 Å². The maximum absolute atomic E-state index is 11.0. The van der Waals surface area contributed by atoms with Crippen LogP contribution in [-0.2, 0) is 4.79 Å². The third-order valence-electron chi connectivity index (χ3n) is 1.85. The van der Waals surface area contributed by atoms with E-state index in [2.05, 4.69) is 12.2 Å². The van der Waals surface area contributed by atoms with E-state index in [1.807, 2.05) is 19.0 Å². The van der Waals surface area contributed by atoms with Crippen molar-refractivity contribution < 1.29 is 4.79 Å². The molecule has 1 amide bonds. The first kappa shape index (κ1) is 12.4. The van der Waals surface area contributed by atoms with Gasteiger partial charge < -0.3 is 16.0 Å². The second-order valence-corrected chi connectivity index (χ2v) is 3.50. The Bertz CT molecular complexity index is 148.